The first-order valence-corrected chi connectivity index (χ1v) is 9.29. The number of hydrogen-bond donors (Lipinski definition) is 1. The zero-order valence-corrected chi connectivity index (χ0v) is 15.9. The summed E-state index contributed by atoms with van der Waals surface area (Å²) in [5.41, 5.74) is 0.436. The molecule has 0 aliphatic heterocycles. The maximum Gasteiger partial charge on any atom is 0.344 e. The number of esters is 1. The lowest BCUT2D eigenvalue weighted by Gasteiger charge is -2.19. The van der Waals surface area contributed by atoms with Gasteiger partial charge in [0.15, 0.2) is 24.2 Å². The van der Waals surface area contributed by atoms with E-state index in [0.717, 1.165) is 25.7 Å². The van der Waals surface area contributed by atoms with Gasteiger partial charge in [-0.15, -0.1) is 0 Å². The lowest BCUT2D eigenvalue weighted by Crippen LogP contribution is -2.42. The van der Waals surface area contributed by atoms with Crippen LogP contribution in [0.25, 0.3) is 0 Å². The molecule has 1 atom stereocenters. The van der Waals surface area contributed by atoms with E-state index in [0.29, 0.717) is 23.3 Å². The Labute approximate surface area is 159 Å². The van der Waals surface area contributed by atoms with Crippen molar-refractivity contribution in [2.45, 2.75) is 57.6 Å². The van der Waals surface area contributed by atoms with Gasteiger partial charge in [-0.05, 0) is 38.0 Å². The van der Waals surface area contributed by atoms with E-state index in [4.69, 9.17) is 14.2 Å². The number of ether oxygens (including phenoxy) is 3. The van der Waals surface area contributed by atoms with E-state index in [-0.39, 0.29) is 18.6 Å². The number of carbonyl (C=O) groups excluding carboxylic acids is 3. The Morgan fingerprint density at radius 3 is 2.52 bits per heavy atom. The van der Waals surface area contributed by atoms with E-state index in [2.05, 4.69) is 5.32 Å². The molecule has 0 saturated heterocycles. The zero-order chi connectivity index (χ0) is 19.6. The Morgan fingerprint density at radius 1 is 1.19 bits per heavy atom. The summed E-state index contributed by atoms with van der Waals surface area (Å²) in [5, 5.41) is 2.96. The maximum atomic E-state index is 12.2. The summed E-state index contributed by atoms with van der Waals surface area (Å²) in [7, 11) is 1.44. The Bertz CT molecular complexity index is 652. The van der Waals surface area contributed by atoms with Crippen molar-refractivity contribution in [3.8, 4) is 11.5 Å². The molecule has 1 saturated carbocycles. The smallest absolute Gasteiger partial charge is 0.344 e. The fourth-order valence-electron chi connectivity index (χ4n) is 3.04. The van der Waals surface area contributed by atoms with Gasteiger partial charge in [-0.3, -0.25) is 9.59 Å². The molecule has 1 aromatic carbocycles. The first kappa shape index (κ1) is 20.7. The van der Waals surface area contributed by atoms with Crippen molar-refractivity contribution in [1.82, 2.24) is 5.32 Å². The number of rotatable bonds is 8. The number of carbonyl (C=O) groups is 3. The molecule has 2 rings (SSSR count). The molecule has 1 amide bonds. The van der Waals surface area contributed by atoms with Crippen molar-refractivity contribution in [2.24, 2.45) is 0 Å². The van der Waals surface area contributed by atoms with Gasteiger partial charge in [-0.25, -0.2) is 4.79 Å². The molecule has 0 spiro atoms. The molecule has 1 N–H and O–H groups in total. The van der Waals surface area contributed by atoms with Crippen LogP contribution in [0, 0.1) is 0 Å². The zero-order valence-electron chi connectivity index (χ0n) is 15.9. The highest BCUT2D eigenvalue weighted by Gasteiger charge is 2.22. The molecule has 0 aromatic heterocycles. The summed E-state index contributed by atoms with van der Waals surface area (Å²) in [4.78, 5) is 35.0. The van der Waals surface area contributed by atoms with E-state index in [1.165, 1.54) is 32.1 Å². The van der Waals surface area contributed by atoms with Gasteiger partial charge < -0.3 is 19.5 Å². The van der Waals surface area contributed by atoms with Crippen LogP contribution in [0.4, 0.5) is 0 Å². The monoisotopic (exact) mass is 377 g/mol. The third-order valence-electron chi connectivity index (χ3n) is 4.55. The van der Waals surface area contributed by atoms with E-state index in [1.54, 1.807) is 13.0 Å². The van der Waals surface area contributed by atoms with Gasteiger partial charge in [-0.1, -0.05) is 25.7 Å². The number of benzene rings is 1. The van der Waals surface area contributed by atoms with Gasteiger partial charge in [0, 0.05) is 11.6 Å². The largest absolute Gasteiger partial charge is 0.493 e. The molecule has 0 bridgehead atoms. The molecular formula is C20H27NO6. The molecule has 27 heavy (non-hydrogen) atoms. The van der Waals surface area contributed by atoms with Crippen LogP contribution in [0.15, 0.2) is 18.2 Å². The van der Waals surface area contributed by atoms with Crippen LogP contribution in [0.2, 0.25) is 0 Å². The van der Waals surface area contributed by atoms with Gasteiger partial charge in [0.1, 0.15) is 6.29 Å². The number of amides is 1. The van der Waals surface area contributed by atoms with Gasteiger partial charge >= 0.3 is 5.97 Å². The quantitative estimate of drug-likeness (QED) is 0.425. The van der Waals surface area contributed by atoms with Crippen LogP contribution < -0.4 is 14.8 Å². The van der Waals surface area contributed by atoms with Gasteiger partial charge in [0.05, 0.1) is 7.11 Å². The molecule has 1 fully saturated rings. The van der Waals surface area contributed by atoms with Crippen molar-refractivity contribution in [3.05, 3.63) is 23.8 Å². The molecule has 0 radical (unpaired) electrons. The summed E-state index contributed by atoms with van der Waals surface area (Å²) in [6, 6.07) is 4.76. The molecule has 1 aromatic rings. The predicted octanol–water partition coefficient (Wildman–Crippen LogP) is 2.66. The molecule has 7 nitrogen and oxygen atoms in total. The first-order chi connectivity index (χ1) is 13.0. The summed E-state index contributed by atoms with van der Waals surface area (Å²) in [5.74, 6) is -0.287. The SMILES string of the molecule is COc1cc(C=O)ccc1OCC(=O)O[C@@H](C)C(=O)NC1CCCCCC1. The van der Waals surface area contributed by atoms with Gasteiger partial charge in [0.25, 0.3) is 5.91 Å². The van der Waals surface area contributed by atoms with Crippen LogP contribution in [0.1, 0.15) is 55.8 Å². The minimum atomic E-state index is -0.885. The van der Waals surface area contributed by atoms with Crippen molar-refractivity contribution < 1.29 is 28.6 Å². The molecule has 0 heterocycles. The van der Waals surface area contributed by atoms with Crippen LogP contribution in [-0.2, 0) is 14.3 Å². The Hall–Kier alpha value is -2.57. The Morgan fingerprint density at radius 2 is 1.89 bits per heavy atom. The van der Waals surface area contributed by atoms with E-state index in [9.17, 15) is 14.4 Å². The molecule has 1 aliphatic carbocycles. The third kappa shape index (κ3) is 6.58. The van der Waals surface area contributed by atoms with Crippen LogP contribution in [0.5, 0.6) is 11.5 Å². The highest BCUT2D eigenvalue weighted by Crippen LogP contribution is 2.27. The van der Waals surface area contributed by atoms with Crippen molar-refractivity contribution in [2.75, 3.05) is 13.7 Å². The summed E-state index contributed by atoms with van der Waals surface area (Å²) in [6.07, 6.45) is 6.35. The Balaban J connectivity index is 1.80. The van der Waals surface area contributed by atoms with Crippen LogP contribution in [-0.4, -0.2) is 44.0 Å². The first-order valence-electron chi connectivity index (χ1n) is 9.29. The highest BCUT2D eigenvalue weighted by atomic mass is 16.6. The summed E-state index contributed by atoms with van der Waals surface area (Å²) >= 11 is 0. The number of nitrogens with one attached hydrogen (secondary N) is 1. The molecule has 148 valence electrons. The molecule has 7 heteroatoms. The van der Waals surface area contributed by atoms with Crippen LogP contribution in [0.3, 0.4) is 0 Å². The third-order valence-corrected chi connectivity index (χ3v) is 4.55. The fourth-order valence-corrected chi connectivity index (χ4v) is 3.04. The standard InChI is InChI=1S/C20H27NO6/c1-14(20(24)21-16-7-5-3-4-6-8-16)27-19(23)13-26-17-10-9-15(12-22)11-18(17)25-2/h9-12,14,16H,3-8,13H2,1-2H3,(H,21,24)/t14-/m0/s1. The molecule has 0 unspecified atom stereocenters. The average molecular weight is 377 g/mol. The summed E-state index contributed by atoms with van der Waals surface area (Å²) < 4.78 is 15.7. The predicted molar refractivity (Wildman–Crippen MR) is 99.1 cm³/mol. The summed E-state index contributed by atoms with van der Waals surface area (Å²) in [6.45, 7) is 1.18. The van der Waals surface area contributed by atoms with Crippen molar-refractivity contribution in [1.29, 1.82) is 0 Å². The molecule has 1 aliphatic rings. The van der Waals surface area contributed by atoms with Crippen molar-refractivity contribution in [3.63, 3.8) is 0 Å². The van der Waals surface area contributed by atoms with E-state index in [1.807, 2.05) is 0 Å². The lowest BCUT2D eigenvalue weighted by molar-refractivity contribution is -0.156. The number of aldehydes is 1. The minimum Gasteiger partial charge on any atom is -0.493 e. The average Bonchev–Trinajstić information content (AvgIpc) is 2.94. The normalized spacial score (nSPS) is 15.9. The topological polar surface area (TPSA) is 90.9 Å². The minimum absolute atomic E-state index is 0.151. The van der Waals surface area contributed by atoms with Crippen LogP contribution >= 0.6 is 0 Å². The van der Waals surface area contributed by atoms with Crippen molar-refractivity contribution >= 4 is 18.2 Å². The number of methoxy groups -OCH3 is 1. The van der Waals surface area contributed by atoms with E-state index < -0.39 is 12.1 Å². The maximum absolute atomic E-state index is 12.2. The van der Waals surface area contributed by atoms with Gasteiger partial charge in [-0.2, -0.15) is 0 Å². The van der Waals surface area contributed by atoms with Gasteiger partial charge in [0.2, 0.25) is 0 Å². The number of hydrogen-bond acceptors (Lipinski definition) is 6. The second kappa shape index (κ2) is 10.5. The lowest BCUT2D eigenvalue weighted by atomic mass is 10.1. The Kier molecular flexibility index (Phi) is 8.10. The second-order valence-electron chi connectivity index (χ2n) is 6.65. The molecular weight excluding hydrogens is 350 g/mol. The second-order valence-corrected chi connectivity index (χ2v) is 6.65. The highest BCUT2D eigenvalue weighted by molar-refractivity contribution is 5.84. The van der Waals surface area contributed by atoms with E-state index >= 15 is 0 Å². The fraction of sp³-hybridized carbons (Fsp3) is 0.550.